The van der Waals surface area contributed by atoms with E-state index in [2.05, 4.69) is 0 Å². The van der Waals surface area contributed by atoms with Crippen LogP contribution in [-0.2, 0) is 14.8 Å². The van der Waals surface area contributed by atoms with Crippen molar-refractivity contribution >= 4 is 50.3 Å². The Hall–Kier alpha value is -1.48. The molecular formula is C17H18NO4S3-. The van der Waals surface area contributed by atoms with Crippen LogP contribution in [0.5, 0.6) is 0 Å². The molecule has 8 heteroatoms. The van der Waals surface area contributed by atoms with E-state index in [9.17, 15) is 18.3 Å². The van der Waals surface area contributed by atoms with Crippen LogP contribution < -0.4 is 5.11 Å². The van der Waals surface area contributed by atoms with Crippen molar-refractivity contribution < 1.29 is 18.3 Å². The molecule has 0 radical (unpaired) electrons. The summed E-state index contributed by atoms with van der Waals surface area (Å²) in [5.74, 6) is -1.31. The molecular weight excluding hydrogens is 378 g/mol. The molecule has 0 atom stereocenters. The van der Waals surface area contributed by atoms with E-state index in [0.29, 0.717) is 18.0 Å². The summed E-state index contributed by atoms with van der Waals surface area (Å²) in [4.78, 5) is 12.8. The van der Waals surface area contributed by atoms with Crippen molar-refractivity contribution in [3.8, 4) is 0 Å². The molecule has 134 valence electrons. The van der Waals surface area contributed by atoms with Crippen molar-refractivity contribution in [1.82, 2.24) is 4.31 Å². The highest BCUT2D eigenvalue weighted by Crippen LogP contribution is 2.32. The minimum atomic E-state index is -3.56. The maximum Gasteiger partial charge on any atom is 0.252 e. The SMILES string of the molecule is Cc1ccsc1/C=C(\C(=O)[O-])c1ccc(S(=O)(=O)N2CCCCC2)s1. The van der Waals surface area contributed by atoms with Gasteiger partial charge in [-0.25, -0.2) is 8.42 Å². The Balaban J connectivity index is 1.94. The average Bonchev–Trinajstić information content (AvgIpc) is 3.23. The summed E-state index contributed by atoms with van der Waals surface area (Å²) in [6.07, 6.45) is 4.32. The lowest BCUT2D eigenvalue weighted by Gasteiger charge is -2.25. The zero-order valence-corrected chi connectivity index (χ0v) is 16.2. The number of aryl methyl sites for hydroxylation is 1. The largest absolute Gasteiger partial charge is 0.545 e. The number of aliphatic carboxylic acids is 1. The molecule has 5 nitrogen and oxygen atoms in total. The maximum absolute atomic E-state index is 12.7. The lowest BCUT2D eigenvalue weighted by atomic mass is 10.1. The van der Waals surface area contributed by atoms with Crippen LogP contribution in [0.15, 0.2) is 27.8 Å². The van der Waals surface area contributed by atoms with Gasteiger partial charge in [0.15, 0.2) is 0 Å². The van der Waals surface area contributed by atoms with E-state index in [4.69, 9.17) is 0 Å². The number of carboxylic acids is 1. The fourth-order valence-corrected chi connectivity index (χ4v) is 6.57. The predicted molar refractivity (Wildman–Crippen MR) is 98.9 cm³/mol. The van der Waals surface area contributed by atoms with E-state index in [1.807, 2.05) is 18.4 Å². The molecule has 0 bridgehead atoms. The minimum Gasteiger partial charge on any atom is -0.545 e. The molecule has 0 aliphatic carbocycles. The molecule has 0 amide bonds. The van der Waals surface area contributed by atoms with E-state index in [0.717, 1.165) is 41.0 Å². The number of piperidine rings is 1. The number of sulfonamides is 1. The van der Waals surface area contributed by atoms with Crippen molar-refractivity contribution in [3.05, 3.63) is 38.9 Å². The molecule has 1 aliphatic rings. The van der Waals surface area contributed by atoms with E-state index in [1.165, 1.54) is 21.7 Å². The summed E-state index contributed by atoms with van der Waals surface area (Å²) in [5, 5.41) is 13.5. The molecule has 2 aromatic heterocycles. The Morgan fingerprint density at radius 2 is 1.92 bits per heavy atom. The molecule has 0 saturated carbocycles. The third-order valence-corrected chi connectivity index (χ3v) is 8.60. The second-order valence-corrected chi connectivity index (χ2v) is 10.1. The number of hydrogen-bond donors (Lipinski definition) is 0. The van der Waals surface area contributed by atoms with Crippen molar-refractivity contribution in [2.45, 2.75) is 30.4 Å². The predicted octanol–water partition coefficient (Wildman–Crippen LogP) is 2.58. The normalized spacial score (nSPS) is 16.9. The summed E-state index contributed by atoms with van der Waals surface area (Å²) < 4.78 is 27.1. The number of rotatable bonds is 5. The zero-order chi connectivity index (χ0) is 18.0. The lowest BCUT2D eigenvalue weighted by Crippen LogP contribution is -2.35. The maximum atomic E-state index is 12.7. The zero-order valence-electron chi connectivity index (χ0n) is 13.7. The van der Waals surface area contributed by atoms with Gasteiger partial charge in [0, 0.05) is 28.4 Å². The van der Waals surface area contributed by atoms with Crippen LogP contribution in [0.2, 0.25) is 0 Å². The number of carbonyl (C=O) groups excluding carboxylic acids is 1. The van der Waals surface area contributed by atoms with E-state index in [1.54, 1.807) is 12.1 Å². The van der Waals surface area contributed by atoms with Crippen molar-refractivity contribution in [3.63, 3.8) is 0 Å². The first-order valence-corrected chi connectivity index (χ1v) is 11.1. The van der Waals surface area contributed by atoms with Crippen molar-refractivity contribution in [2.24, 2.45) is 0 Å². The highest BCUT2D eigenvalue weighted by Gasteiger charge is 2.27. The molecule has 1 aliphatic heterocycles. The monoisotopic (exact) mass is 396 g/mol. The van der Waals surface area contributed by atoms with E-state index < -0.39 is 16.0 Å². The number of nitrogens with zero attached hydrogens (tertiary/aromatic N) is 1. The Kier molecular flexibility index (Phi) is 5.43. The third-order valence-electron chi connectivity index (χ3n) is 4.15. The minimum absolute atomic E-state index is 0.00986. The standard InChI is InChI=1S/C17H19NO4S3/c1-12-7-10-23-15(12)11-13(17(19)20)14-5-6-16(24-14)25(21,22)18-8-3-2-4-9-18/h5-7,10-11H,2-4,8-9H2,1H3,(H,19,20)/p-1/b13-11-. The van der Waals surface area contributed by atoms with Gasteiger partial charge in [0.25, 0.3) is 10.0 Å². The number of hydrogen-bond acceptors (Lipinski definition) is 6. The van der Waals surface area contributed by atoms with Gasteiger partial charge in [-0.2, -0.15) is 4.31 Å². The second-order valence-electron chi connectivity index (χ2n) is 5.90. The molecule has 0 unspecified atom stereocenters. The second kappa shape index (κ2) is 7.41. The van der Waals surface area contributed by atoms with Gasteiger partial charge in [-0.15, -0.1) is 22.7 Å². The molecule has 1 saturated heterocycles. The number of carboxylic acid groups (broad SMARTS) is 1. The number of carbonyl (C=O) groups is 1. The smallest absolute Gasteiger partial charge is 0.252 e. The summed E-state index contributed by atoms with van der Waals surface area (Å²) in [6, 6.07) is 4.94. The van der Waals surface area contributed by atoms with Gasteiger partial charge >= 0.3 is 0 Å². The highest BCUT2D eigenvalue weighted by atomic mass is 32.2. The first kappa shape index (κ1) is 18.3. The summed E-state index contributed by atoms with van der Waals surface area (Å²) in [7, 11) is -3.56. The molecule has 0 spiro atoms. The van der Waals surface area contributed by atoms with Crippen LogP contribution in [0.25, 0.3) is 11.6 Å². The number of thiophene rings is 2. The first-order valence-electron chi connectivity index (χ1n) is 7.97. The molecule has 25 heavy (non-hydrogen) atoms. The van der Waals surface area contributed by atoms with Gasteiger partial charge in [-0.3, -0.25) is 0 Å². The molecule has 3 heterocycles. The van der Waals surface area contributed by atoms with Crippen LogP contribution in [0.4, 0.5) is 0 Å². The summed E-state index contributed by atoms with van der Waals surface area (Å²) >= 11 is 2.42. The Bertz CT molecular complexity index is 902. The van der Waals surface area contributed by atoms with Gasteiger partial charge in [-0.1, -0.05) is 6.42 Å². The molecule has 0 aromatic carbocycles. The Labute approximate surface area is 155 Å². The van der Waals surface area contributed by atoms with Crippen LogP contribution >= 0.6 is 22.7 Å². The van der Waals surface area contributed by atoms with Crippen LogP contribution in [-0.4, -0.2) is 31.8 Å². The summed E-state index contributed by atoms with van der Waals surface area (Å²) in [5.41, 5.74) is 0.983. The van der Waals surface area contributed by atoms with Gasteiger partial charge in [-0.05, 0) is 55.0 Å². The van der Waals surface area contributed by atoms with Crippen molar-refractivity contribution in [1.29, 1.82) is 0 Å². The van der Waals surface area contributed by atoms with Gasteiger partial charge < -0.3 is 9.90 Å². The average molecular weight is 397 g/mol. The molecule has 1 fully saturated rings. The lowest BCUT2D eigenvalue weighted by molar-refractivity contribution is -0.295. The highest BCUT2D eigenvalue weighted by molar-refractivity contribution is 7.91. The fourth-order valence-electron chi connectivity index (χ4n) is 2.73. The topological polar surface area (TPSA) is 77.5 Å². The van der Waals surface area contributed by atoms with Crippen molar-refractivity contribution in [2.75, 3.05) is 13.1 Å². The van der Waals surface area contributed by atoms with Gasteiger partial charge in [0.05, 0.1) is 5.97 Å². The van der Waals surface area contributed by atoms with Crippen LogP contribution in [0.1, 0.15) is 34.6 Å². The molecule has 3 rings (SSSR count). The van der Waals surface area contributed by atoms with Gasteiger partial charge in [0.1, 0.15) is 4.21 Å². The quantitative estimate of drug-likeness (QED) is 0.728. The third kappa shape index (κ3) is 3.87. The first-order chi connectivity index (χ1) is 11.9. The van der Waals surface area contributed by atoms with Crippen LogP contribution in [0, 0.1) is 6.92 Å². The summed E-state index contributed by atoms with van der Waals surface area (Å²) in [6.45, 7) is 2.94. The Morgan fingerprint density at radius 3 is 2.52 bits per heavy atom. The Morgan fingerprint density at radius 1 is 1.20 bits per heavy atom. The molecule has 0 N–H and O–H groups in total. The molecule has 2 aromatic rings. The fraction of sp³-hybridized carbons (Fsp3) is 0.353. The van der Waals surface area contributed by atoms with E-state index in [-0.39, 0.29) is 9.78 Å². The van der Waals surface area contributed by atoms with E-state index >= 15 is 0 Å². The van der Waals surface area contributed by atoms with Gasteiger partial charge in [0.2, 0.25) is 0 Å². The van der Waals surface area contributed by atoms with Crippen LogP contribution in [0.3, 0.4) is 0 Å².